The van der Waals surface area contributed by atoms with E-state index in [-0.39, 0.29) is 5.91 Å². The number of aryl methyl sites for hydroxylation is 1. The molecule has 3 aromatic rings. The quantitative estimate of drug-likeness (QED) is 0.724. The van der Waals surface area contributed by atoms with E-state index >= 15 is 0 Å². The van der Waals surface area contributed by atoms with Crippen LogP contribution in [-0.2, 0) is 11.8 Å². The minimum Gasteiger partial charge on any atom is -0.368 e. The van der Waals surface area contributed by atoms with Gasteiger partial charge in [0.2, 0.25) is 5.91 Å². The smallest absolute Gasteiger partial charge is 0.219 e. The molecule has 0 unspecified atom stereocenters. The van der Waals surface area contributed by atoms with Crippen LogP contribution < -0.4 is 4.90 Å². The lowest BCUT2D eigenvalue weighted by molar-refractivity contribution is -0.129. The lowest BCUT2D eigenvalue weighted by atomic mass is 10.1. The fourth-order valence-corrected chi connectivity index (χ4v) is 3.52. The summed E-state index contributed by atoms with van der Waals surface area (Å²) in [5.74, 6) is 1.14. The molecule has 0 spiro atoms. The van der Waals surface area contributed by atoms with Crippen molar-refractivity contribution in [3.8, 4) is 11.4 Å². The molecule has 0 saturated carbocycles. The average molecular weight is 334 g/mol. The fourth-order valence-electron chi connectivity index (χ4n) is 3.52. The molecule has 1 aliphatic rings. The van der Waals surface area contributed by atoms with Crippen LogP contribution in [0.1, 0.15) is 6.92 Å². The van der Waals surface area contributed by atoms with E-state index in [1.807, 2.05) is 23.1 Å². The van der Waals surface area contributed by atoms with Crippen LogP contribution in [0.5, 0.6) is 0 Å². The molecule has 2 aromatic carbocycles. The number of benzene rings is 2. The maximum absolute atomic E-state index is 11.5. The first-order valence-corrected chi connectivity index (χ1v) is 8.66. The van der Waals surface area contributed by atoms with Crippen molar-refractivity contribution in [2.75, 3.05) is 31.1 Å². The number of hydrogen-bond acceptors (Lipinski definition) is 3. The lowest BCUT2D eigenvalue weighted by Crippen LogP contribution is -2.48. The Morgan fingerprint density at radius 3 is 2.48 bits per heavy atom. The van der Waals surface area contributed by atoms with Crippen molar-refractivity contribution in [2.45, 2.75) is 6.92 Å². The van der Waals surface area contributed by atoms with E-state index in [0.29, 0.717) is 0 Å². The van der Waals surface area contributed by atoms with Gasteiger partial charge in [0.05, 0.1) is 11.0 Å². The Bertz CT molecular complexity index is 922. The molecule has 1 aromatic heterocycles. The van der Waals surface area contributed by atoms with E-state index in [9.17, 15) is 4.79 Å². The minimum absolute atomic E-state index is 0.160. The fraction of sp³-hybridized carbons (Fsp3) is 0.300. The lowest BCUT2D eigenvalue weighted by Gasteiger charge is -2.35. The minimum atomic E-state index is 0.160. The Morgan fingerprint density at radius 2 is 1.76 bits per heavy atom. The van der Waals surface area contributed by atoms with Gasteiger partial charge in [-0.3, -0.25) is 4.79 Å². The molecule has 4 rings (SSSR count). The largest absolute Gasteiger partial charge is 0.368 e. The van der Waals surface area contributed by atoms with Gasteiger partial charge in [0, 0.05) is 51.4 Å². The van der Waals surface area contributed by atoms with Gasteiger partial charge < -0.3 is 14.4 Å². The number of carbonyl (C=O) groups is 1. The number of para-hydroxylation sites is 2. The Morgan fingerprint density at radius 1 is 1.00 bits per heavy atom. The second kappa shape index (κ2) is 6.24. The highest BCUT2D eigenvalue weighted by atomic mass is 16.2. The van der Waals surface area contributed by atoms with Crippen molar-refractivity contribution in [1.82, 2.24) is 14.5 Å². The molecular formula is C20H22N4O. The van der Waals surface area contributed by atoms with Crippen LogP contribution in [0.3, 0.4) is 0 Å². The van der Waals surface area contributed by atoms with Crippen molar-refractivity contribution >= 4 is 22.6 Å². The molecule has 1 fully saturated rings. The second-order valence-corrected chi connectivity index (χ2v) is 6.53. The highest BCUT2D eigenvalue weighted by Gasteiger charge is 2.19. The van der Waals surface area contributed by atoms with Crippen LogP contribution in [-0.4, -0.2) is 46.5 Å². The molecule has 25 heavy (non-hydrogen) atoms. The standard InChI is InChI=1S/C20H22N4O/c1-15(25)23-10-12-24(13-11-23)17-7-5-6-16(14-17)20-21-18-8-3-4-9-19(18)22(20)2/h3-9,14H,10-13H2,1-2H3. The molecule has 0 bridgehead atoms. The number of piperazine rings is 1. The predicted octanol–water partition coefficient (Wildman–Crippen LogP) is 2.91. The molecule has 0 aliphatic carbocycles. The van der Waals surface area contributed by atoms with Gasteiger partial charge in [0.15, 0.2) is 0 Å². The van der Waals surface area contributed by atoms with Crippen molar-refractivity contribution < 1.29 is 4.79 Å². The maximum Gasteiger partial charge on any atom is 0.219 e. The summed E-state index contributed by atoms with van der Waals surface area (Å²) >= 11 is 0. The zero-order chi connectivity index (χ0) is 17.4. The van der Waals surface area contributed by atoms with Gasteiger partial charge in [-0.25, -0.2) is 4.98 Å². The van der Waals surface area contributed by atoms with Gasteiger partial charge >= 0.3 is 0 Å². The SMILES string of the molecule is CC(=O)N1CCN(c2cccc(-c3nc4ccccc4n3C)c2)CC1. The number of aromatic nitrogens is 2. The van der Waals surface area contributed by atoms with Crippen LogP contribution in [0.2, 0.25) is 0 Å². The highest BCUT2D eigenvalue weighted by Crippen LogP contribution is 2.27. The van der Waals surface area contributed by atoms with E-state index in [1.54, 1.807) is 6.92 Å². The molecule has 2 heterocycles. The molecule has 1 aliphatic heterocycles. The third-order valence-corrected chi connectivity index (χ3v) is 4.98. The summed E-state index contributed by atoms with van der Waals surface area (Å²) in [5, 5.41) is 0. The summed E-state index contributed by atoms with van der Waals surface area (Å²) in [5.41, 5.74) is 4.46. The van der Waals surface area contributed by atoms with Gasteiger partial charge in [0.25, 0.3) is 0 Å². The first kappa shape index (κ1) is 15.7. The van der Waals surface area contributed by atoms with Gasteiger partial charge in [-0.15, -0.1) is 0 Å². The van der Waals surface area contributed by atoms with Gasteiger partial charge in [0.1, 0.15) is 5.82 Å². The van der Waals surface area contributed by atoms with Crippen LogP contribution in [0, 0.1) is 0 Å². The van der Waals surface area contributed by atoms with Crippen LogP contribution >= 0.6 is 0 Å². The Kier molecular flexibility index (Phi) is 3.92. The number of hydrogen-bond donors (Lipinski definition) is 0. The average Bonchev–Trinajstić information content (AvgIpc) is 2.99. The van der Waals surface area contributed by atoms with Crippen molar-refractivity contribution in [2.24, 2.45) is 7.05 Å². The number of amides is 1. The zero-order valence-corrected chi connectivity index (χ0v) is 14.6. The first-order chi connectivity index (χ1) is 12.1. The van der Waals surface area contributed by atoms with Crippen LogP contribution in [0.4, 0.5) is 5.69 Å². The summed E-state index contributed by atoms with van der Waals surface area (Å²) in [6, 6.07) is 16.7. The van der Waals surface area contributed by atoms with Gasteiger partial charge in [-0.2, -0.15) is 0 Å². The number of fused-ring (bicyclic) bond motifs is 1. The molecule has 128 valence electrons. The van der Waals surface area contributed by atoms with E-state index in [2.05, 4.69) is 46.8 Å². The maximum atomic E-state index is 11.5. The normalized spacial score (nSPS) is 15.0. The number of imidazole rings is 1. The first-order valence-electron chi connectivity index (χ1n) is 8.66. The molecule has 5 nitrogen and oxygen atoms in total. The summed E-state index contributed by atoms with van der Waals surface area (Å²) in [4.78, 5) is 20.5. The van der Waals surface area contributed by atoms with Crippen molar-refractivity contribution in [1.29, 1.82) is 0 Å². The molecular weight excluding hydrogens is 312 g/mol. The zero-order valence-electron chi connectivity index (χ0n) is 14.6. The molecule has 1 saturated heterocycles. The molecule has 0 N–H and O–H groups in total. The van der Waals surface area contributed by atoms with E-state index in [1.165, 1.54) is 5.69 Å². The predicted molar refractivity (Wildman–Crippen MR) is 101 cm³/mol. The highest BCUT2D eigenvalue weighted by molar-refractivity contribution is 5.81. The number of carbonyl (C=O) groups excluding carboxylic acids is 1. The molecule has 5 heteroatoms. The van der Waals surface area contributed by atoms with Crippen molar-refractivity contribution in [3.05, 3.63) is 48.5 Å². The summed E-state index contributed by atoms with van der Waals surface area (Å²) in [7, 11) is 2.06. The monoisotopic (exact) mass is 334 g/mol. The van der Waals surface area contributed by atoms with Crippen LogP contribution in [0.25, 0.3) is 22.4 Å². The van der Waals surface area contributed by atoms with Gasteiger partial charge in [-0.1, -0.05) is 24.3 Å². The van der Waals surface area contributed by atoms with E-state index in [0.717, 1.165) is 48.6 Å². The number of rotatable bonds is 2. The van der Waals surface area contributed by atoms with E-state index in [4.69, 9.17) is 4.98 Å². The Balaban J connectivity index is 1.63. The molecule has 1 amide bonds. The van der Waals surface area contributed by atoms with Crippen molar-refractivity contribution in [3.63, 3.8) is 0 Å². The summed E-state index contributed by atoms with van der Waals surface area (Å²) in [6.45, 7) is 4.94. The number of anilines is 1. The third-order valence-electron chi connectivity index (χ3n) is 4.98. The Labute approximate surface area is 147 Å². The third kappa shape index (κ3) is 2.86. The molecule has 0 atom stereocenters. The van der Waals surface area contributed by atoms with Gasteiger partial charge in [-0.05, 0) is 24.3 Å². The second-order valence-electron chi connectivity index (χ2n) is 6.53. The van der Waals surface area contributed by atoms with E-state index < -0.39 is 0 Å². The summed E-state index contributed by atoms with van der Waals surface area (Å²) in [6.07, 6.45) is 0. The molecule has 0 radical (unpaired) electrons. The topological polar surface area (TPSA) is 41.4 Å². The summed E-state index contributed by atoms with van der Waals surface area (Å²) < 4.78 is 2.14. The van der Waals surface area contributed by atoms with Crippen LogP contribution in [0.15, 0.2) is 48.5 Å². The Hall–Kier alpha value is -2.82. The number of nitrogens with zero attached hydrogens (tertiary/aromatic N) is 4.